The molecule has 0 amide bonds. The van der Waals surface area contributed by atoms with E-state index in [1.165, 1.54) is 0 Å². The summed E-state index contributed by atoms with van der Waals surface area (Å²) < 4.78 is 29.6. The van der Waals surface area contributed by atoms with Gasteiger partial charge in [-0.2, -0.15) is 5.10 Å². The Morgan fingerprint density at radius 2 is 2.00 bits per heavy atom. The second-order valence-corrected chi connectivity index (χ2v) is 7.53. The Balaban J connectivity index is 2.18. The number of hydrogen-bond donors (Lipinski definition) is 0. The summed E-state index contributed by atoms with van der Waals surface area (Å²) in [5.74, 6) is 0. The normalized spacial score (nSPS) is 14.5. The minimum atomic E-state index is -3.58. The van der Waals surface area contributed by atoms with Crippen molar-refractivity contribution in [3.05, 3.63) is 40.7 Å². The van der Waals surface area contributed by atoms with Crippen molar-refractivity contribution >= 4 is 15.7 Å². The Morgan fingerprint density at radius 1 is 1.27 bits per heavy atom. The van der Waals surface area contributed by atoms with Gasteiger partial charge in [0.25, 0.3) is 10.0 Å². The van der Waals surface area contributed by atoms with Crippen LogP contribution in [0.4, 0.5) is 5.69 Å². The number of nitrogens with zero attached hydrogens (tertiary/aromatic N) is 3. The quantitative estimate of drug-likeness (QED) is 0.872. The third-order valence-corrected chi connectivity index (χ3v) is 6.46. The minimum Gasteiger partial charge on any atom is -0.271 e. The molecule has 1 aliphatic heterocycles. The molecular formula is C16H21N3O2S. The molecule has 2 heterocycles. The van der Waals surface area contributed by atoms with Crippen LogP contribution in [-0.2, 0) is 29.9 Å². The van der Waals surface area contributed by atoms with Crippen molar-refractivity contribution in [2.45, 2.75) is 38.5 Å². The average molecular weight is 319 g/mol. The summed E-state index contributed by atoms with van der Waals surface area (Å²) in [5.41, 5.74) is 4.30. The Kier molecular flexibility index (Phi) is 3.51. The van der Waals surface area contributed by atoms with E-state index in [-0.39, 0.29) is 0 Å². The number of fused-ring (bicyclic) bond motifs is 1. The van der Waals surface area contributed by atoms with E-state index in [0.29, 0.717) is 22.8 Å². The van der Waals surface area contributed by atoms with Gasteiger partial charge < -0.3 is 0 Å². The maximum Gasteiger partial charge on any atom is 0.268 e. The van der Waals surface area contributed by atoms with E-state index in [9.17, 15) is 8.42 Å². The van der Waals surface area contributed by atoms with Crippen LogP contribution in [0, 0.1) is 13.8 Å². The Bertz CT molecular complexity index is 837. The lowest BCUT2D eigenvalue weighted by molar-refractivity contribution is 0.590. The Morgan fingerprint density at radius 3 is 2.59 bits per heavy atom. The molecule has 6 heteroatoms. The molecule has 0 saturated heterocycles. The Labute approximate surface area is 131 Å². The van der Waals surface area contributed by atoms with Crippen LogP contribution in [0.1, 0.15) is 29.4 Å². The zero-order chi connectivity index (χ0) is 16.1. The van der Waals surface area contributed by atoms with Crippen molar-refractivity contribution in [2.75, 3.05) is 10.8 Å². The van der Waals surface area contributed by atoms with Crippen molar-refractivity contribution in [3.63, 3.8) is 0 Å². The van der Waals surface area contributed by atoms with E-state index < -0.39 is 10.0 Å². The number of aryl methyl sites for hydroxylation is 3. The lowest BCUT2D eigenvalue weighted by Gasteiger charge is -2.22. The molecule has 1 aromatic carbocycles. The lowest BCUT2D eigenvalue weighted by atomic mass is 10.1. The van der Waals surface area contributed by atoms with Gasteiger partial charge in [-0.1, -0.05) is 25.1 Å². The molecule has 2 aromatic rings. The first-order chi connectivity index (χ1) is 10.4. The third-order valence-electron chi connectivity index (χ3n) is 4.41. The average Bonchev–Trinajstić information content (AvgIpc) is 3.01. The van der Waals surface area contributed by atoms with Crippen LogP contribution < -0.4 is 4.31 Å². The summed E-state index contributed by atoms with van der Waals surface area (Å²) in [6.45, 7) is 6.11. The standard InChI is InChI=1S/C16H21N3O2S/c1-5-13-7-6-8-14-9-10-19(15(13)14)22(20,21)16-11(2)17-18(4)12(16)3/h6-8H,5,9-10H2,1-4H3. The first kappa shape index (κ1) is 15.1. The summed E-state index contributed by atoms with van der Waals surface area (Å²) in [6.07, 6.45) is 1.58. The predicted molar refractivity (Wildman–Crippen MR) is 86.7 cm³/mol. The van der Waals surface area contributed by atoms with Crippen LogP contribution in [0.15, 0.2) is 23.1 Å². The van der Waals surface area contributed by atoms with E-state index >= 15 is 0 Å². The van der Waals surface area contributed by atoms with E-state index in [0.717, 1.165) is 29.7 Å². The van der Waals surface area contributed by atoms with Crippen LogP contribution in [0.3, 0.4) is 0 Å². The van der Waals surface area contributed by atoms with Crippen LogP contribution in [0.2, 0.25) is 0 Å². The molecule has 0 N–H and O–H groups in total. The second-order valence-electron chi connectivity index (χ2n) is 5.73. The highest BCUT2D eigenvalue weighted by Gasteiger charge is 2.35. The predicted octanol–water partition coefficient (Wildman–Crippen LogP) is 2.35. The summed E-state index contributed by atoms with van der Waals surface area (Å²) >= 11 is 0. The SMILES string of the molecule is CCc1cccc2c1N(S(=O)(=O)c1c(C)nn(C)c1C)CC2. The van der Waals surface area contributed by atoms with Crippen LogP contribution in [0.25, 0.3) is 0 Å². The van der Waals surface area contributed by atoms with Crippen molar-refractivity contribution < 1.29 is 8.42 Å². The number of benzene rings is 1. The molecule has 5 nitrogen and oxygen atoms in total. The first-order valence-electron chi connectivity index (χ1n) is 7.51. The summed E-state index contributed by atoms with van der Waals surface area (Å²) in [6, 6.07) is 6.04. The number of aromatic nitrogens is 2. The van der Waals surface area contributed by atoms with Gasteiger partial charge in [-0.3, -0.25) is 8.99 Å². The van der Waals surface area contributed by atoms with E-state index in [1.807, 2.05) is 18.2 Å². The van der Waals surface area contributed by atoms with Crippen molar-refractivity contribution in [1.82, 2.24) is 9.78 Å². The number of hydrogen-bond acceptors (Lipinski definition) is 3. The highest BCUT2D eigenvalue weighted by atomic mass is 32.2. The maximum atomic E-state index is 13.2. The van der Waals surface area contributed by atoms with Crippen molar-refractivity contribution in [3.8, 4) is 0 Å². The molecule has 3 rings (SSSR count). The molecule has 0 bridgehead atoms. The Hall–Kier alpha value is -1.82. The maximum absolute atomic E-state index is 13.2. The van der Waals surface area contributed by atoms with Gasteiger partial charge in [0.2, 0.25) is 0 Å². The van der Waals surface area contributed by atoms with Gasteiger partial charge >= 0.3 is 0 Å². The summed E-state index contributed by atoms with van der Waals surface area (Å²) in [7, 11) is -1.80. The topological polar surface area (TPSA) is 55.2 Å². The van der Waals surface area contributed by atoms with Crippen molar-refractivity contribution in [1.29, 1.82) is 0 Å². The van der Waals surface area contributed by atoms with Gasteiger partial charge in [0, 0.05) is 13.6 Å². The van der Waals surface area contributed by atoms with Crippen LogP contribution in [0.5, 0.6) is 0 Å². The highest BCUT2D eigenvalue weighted by Crippen LogP contribution is 2.37. The molecule has 0 unspecified atom stereocenters. The molecule has 1 aliphatic rings. The van der Waals surface area contributed by atoms with Crippen LogP contribution in [-0.4, -0.2) is 24.7 Å². The van der Waals surface area contributed by atoms with Crippen LogP contribution >= 0.6 is 0 Å². The van der Waals surface area contributed by atoms with Gasteiger partial charge in [0.05, 0.1) is 17.1 Å². The van der Waals surface area contributed by atoms with Gasteiger partial charge in [-0.05, 0) is 37.8 Å². The first-order valence-corrected chi connectivity index (χ1v) is 8.95. The largest absolute Gasteiger partial charge is 0.271 e. The van der Waals surface area contributed by atoms with Crippen molar-refractivity contribution in [2.24, 2.45) is 7.05 Å². The molecule has 118 valence electrons. The van der Waals surface area contributed by atoms with E-state index in [1.54, 1.807) is 29.9 Å². The zero-order valence-corrected chi connectivity index (χ0v) is 14.2. The summed E-state index contributed by atoms with van der Waals surface area (Å²) in [5, 5.41) is 4.26. The zero-order valence-electron chi connectivity index (χ0n) is 13.4. The third kappa shape index (κ3) is 2.05. The molecule has 0 atom stereocenters. The molecular weight excluding hydrogens is 298 g/mol. The number of rotatable bonds is 3. The molecule has 0 fully saturated rings. The molecule has 1 aromatic heterocycles. The molecule has 0 spiro atoms. The highest BCUT2D eigenvalue weighted by molar-refractivity contribution is 7.93. The van der Waals surface area contributed by atoms with Gasteiger partial charge in [-0.15, -0.1) is 0 Å². The minimum absolute atomic E-state index is 0.341. The second kappa shape index (κ2) is 5.12. The van der Waals surface area contributed by atoms with Gasteiger partial charge in [0.1, 0.15) is 4.90 Å². The number of sulfonamides is 1. The lowest BCUT2D eigenvalue weighted by Crippen LogP contribution is -2.30. The number of anilines is 1. The monoisotopic (exact) mass is 319 g/mol. The molecule has 22 heavy (non-hydrogen) atoms. The molecule has 0 radical (unpaired) electrons. The molecule has 0 saturated carbocycles. The van der Waals surface area contributed by atoms with Gasteiger partial charge in [0.15, 0.2) is 0 Å². The fraction of sp³-hybridized carbons (Fsp3) is 0.438. The number of para-hydroxylation sites is 1. The smallest absolute Gasteiger partial charge is 0.268 e. The van der Waals surface area contributed by atoms with E-state index in [2.05, 4.69) is 12.0 Å². The van der Waals surface area contributed by atoms with E-state index in [4.69, 9.17) is 0 Å². The van der Waals surface area contributed by atoms with Gasteiger partial charge in [-0.25, -0.2) is 8.42 Å². The fourth-order valence-electron chi connectivity index (χ4n) is 3.26. The fourth-order valence-corrected chi connectivity index (χ4v) is 5.21. The molecule has 0 aliphatic carbocycles. The summed E-state index contributed by atoms with van der Waals surface area (Å²) in [4.78, 5) is 0.341.